The molecule has 224 valence electrons. The molecule has 0 spiro atoms. The summed E-state index contributed by atoms with van der Waals surface area (Å²) in [4.78, 5) is 35.6. The number of carbonyl (C=O) groups excluding carboxylic acids is 1. The lowest BCUT2D eigenvalue weighted by Gasteiger charge is -2.09. The highest BCUT2D eigenvalue weighted by Gasteiger charge is 2.15. The van der Waals surface area contributed by atoms with Gasteiger partial charge in [0.2, 0.25) is 12.3 Å². The first-order valence-corrected chi connectivity index (χ1v) is 14.9. The lowest BCUT2D eigenvalue weighted by atomic mass is 10.0. The fraction of sp³-hybridized carbons (Fsp3) is 0.108. The second-order valence-electron chi connectivity index (χ2n) is 10.6. The van der Waals surface area contributed by atoms with Crippen LogP contribution < -0.4 is 4.57 Å². The van der Waals surface area contributed by atoms with Crippen molar-refractivity contribution >= 4 is 11.9 Å². The molecule has 6 aromatic heterocycles. The van der Waals surface area contributed by atoms with Crippen molar-refractivity contribution < 1.29 is 18.8 Å². The number of ketones is 1. The van der Waals surface area contributed by atoms with Gasteiger partial charge in [0.25, 0.3) is 0 Å². The van der Waals surface area contributed by atoms with Gasteiger partial charge in [-0.05, 0) is 94.6 Å². The molecule has 0 saturated carbocycles. The van der Waals surface area contributed by atoms with Crippen molar-refractivity contribution in [3.8, 4) is 45.0 Å². The Morgan fingerprint density at radius 3 is 1.74 bits per heavy atom. The van der Waals surface area contributed by atoms with Crippen LogP contribution >= 0.6 is 0 Å². The number of hydrogen-bond acceptors (Lipinski definition) is 8. The summed E-state index contributed by atoms with van der Waals surface area (Å²) in [5.74, 6) is -0.0647. The van der Waals surface area contributed by atoms with Crippen molar-refractivity contribution in [3.63, 3.8) is 0 Å². The highest BCUT2D eigenvalue weighted by molar-refractivity contribution is 5.94. The zero-order valence-corrected chi connectivity index (χ0v) is 24.8. The van der Waals surface area contributed by atoms with E-state index in [0.717, 1.165) is 50.6 Å². The van der Waals surface area contributed by atoms with Crippen LogP contribution in [0, 0.1) is 0 Å². The lowest BCUT2D eigenvalue weighted by molar-refractivity contribution is -0.683. The molecule has 0 atom stereocenters. The fourth-order valence-electron chi connectivity index (χ4n) is 5.17. The van der Waals surface area contributed by atoms with Crippen molar-refractivity contribution in [1.82, 2.24) is 24.9 Å². The normalized spacial score (nSPS) is 13.3. The molecule has 0 aromatic carbocycles. The molecule has 0 aliphatic carbocycles. The number of pyridine rings is 6. The molecule has 0 amide bonds. The van der Waals surface area contributed by atoms with Crippen molar-refractivity contribution in [3.05, 3.63) is 140 Å². The van der Waals surface area contributed by atoms with Crippen molar-refractivity contribution in [2.24, 2.45) is 0 Å². The van der Waals surface area contributed by atoms with E-state index >= 15 is 0 Å². The Morgan fingerprint density at radius 1 is 0.652 bits per heavy atom. The van der Waals surface area contributed by atoms with Gasteiger partial charge >= 0.3 is 0 Å². The first-order valence-electron chi connectivity index (χ1n) is 14.9. The zero-order chi connectivity index (χ0) is 31.1. The van der Waals surface area contributed by atoms with Gasteiger partial charge in [0, 0.05) is 43.1 Å². The van der Waals surface area contributed by atoms with E-state index in [9.17, 15) is 4.79 Å². The molecule has 9 nitrogen and oxygen atoms in total. The lowest BCUT2D eigenvalue weighted by Crippen LogP contribution is -2.37. The molecule has 6 aromatic rings. The number of Topliss-reactive ketones (excluding diaryl/α,β-unsaturated/α-hetero) is 1. The van der Waals surface area contributed by atoms with Gasteiger partial charge in [-0.1, -0.05) is 12.1 Å². The highest BCUT2D eigenvalue weighted by Crippen LogP contribution is 2.29. The molecule has 7 heterocycles. The summed E-state index contributed by atoms with van der Waals surface area (Å²) in [5, 5.41) is 0. The summed E-state index contributed by atoms with van der Waals surface area (Å²) in [6.45, 7) is 1.43. The molecule has 9 heteroatoms. The van der Waals surface area contributed by atoms with E-state index in [1.54, 1.807) is 31.0 Å². The maximum Gasteiger partial charge on any atom is 0.245 e. The first-order chi connectivity index (χ1) is 22.7. The molecule has 7 rings (SSSR count). The third-order valence-corrected chi connectivity index (χ3v) is 7.50. The molecule has 0 radical (unpaired) electrons. The summed E-state index contributed by atoms with van der Waals surface area (Å²) in [6, 6.07) is 25.2. The van der Waals surface area contributed by atoms with Crippen LogP contribution in [0.1, 0.15) is 16.1 Å². The summed E-state index contributed by atoms with van der Waals surface area (Å²) in [6.07, 6.45) is 16.0. The molecule has 1 saturated heterocycles. The van der Waals surface area contributed by atoms with E-state index in [-0.39, 0.29) is 18.6 Å². The van der Waals surface area contributed by atoms with Gasteiger partial charge < -0.3 is 9.47 Å². The van der Waals surface area contributed by atoms with Crippen molar-refractivity contribution in [2.75, 3.05) is 13.2 Å². The third kappa shape index (κ3) is 6.81. The second-order valence-corrected chi connectivity index (χ2v) is 10.6. The van der Waals surface area contributed by atoms with Gasteiger partial charge in [0.1, 0.15) is 5.69 Å². The number of aromatic nitrogens is 6. The molecular weight excluding hydrogens is 576 g/mol. The van der Waals surface area contributed by atoms with E-state index in [4.69, 9.17) is 9.47 Å². The van der Waals surface area contributed by atoms with Crippen molar-refractivity contribution in [2.45, 2.75) is 12.8 Å². The molecule has 0 unspecified atom stereocenters. The maximum atomic E-state index is 12.9. The van der Waals surface area contributed by atoms with Gasteiger partial charge in [-0.2, -0.15) is 4.57 Å². The number of ether oxygens (including phenoxy) is 2. The van der Waals surface area contributed by atoms with Gasteiger partial charge in [0.15, 0.2) is 18.7 Å². The predicted molar refractivity (Wildman–Crippen MR) is 173 cm³/mol. The Kier molecular flexibility index (Phi) is 8.49. The maximum absolute atomic E-state index is 12.9. The van der Waals surface area contributed by atoms with Gasteiger partial charge in [-0.15, -0.1) is 0 Å². The topological polar surface area (TPSA) is 104 Å². The number of carbonyl (C=O) groups is 1. The quantitative estimate of drug-likeness (QED) is 0.149. The highest BCUT2D eigenvalue weighted by atomic mass is 16.7. The van der Waals surface area contributed by atoms with E-state index in [1.165, 1.54) is 0 Å². The van der Waals surface area contributed by atoms with Crippen LogP contribution in [0.15, 0.2) is 128 Å². The molecular formula is C37H29N6O3+. The minimum Gasteiger partial charge on any atom is -0.347 e. The Bertz CT molecular complexity index is 2030. The van der Waals surface area contributed by atoms with Crippen LogP contribution in [0.2, 0.25) is 0 Å². The smallest absolute Gasteiger partial charge is 0.245 e. The Hall–Kier alpha value is -5.77. The van der Waals surface area contributed by atoms with E-state index in [0.29, 0.717) is 18.9 Å². The minimum absolute atomic E-state index is 0.0647. The average Bonchev–Trinajstić information content (AvgIpc) is 3.66. The van der Waals surface area contributed by atoms with E-state index < -0.39 is 0 Å². The van der Waals surface area contributed by atoms with Crippen molar-refractivity contribution in [1.29, 1.82) is 0 Å². The van der Waals surface area contributed by atoms with Crippen LogP contribution in [0.25, 0.3) is 51.1 Å². The predicted octanol–water partition coefficient (Wildman–Crippen LogP) is 5.89. The summed E-state index contributed by atoms with van der Waals surface area (Å²) >= 11 is 0. The number of nitrogens with zero attached hydrogens (tertiary/aromatic N) is 6. The van der Waals surface area contributed by atoms with Crippen LogP contribution in [0.3, 0.4) is 0 Å². The standard InChI is InChI=1S/C37H29N6O3/c44-36(25-43-16-2-1-3-17-43)35-24-30(10-15-42-35)29-9-14-41-34(23-29)33-22-28(8-13-40-33)27-7-12-39-32(21-27)31-20-26(6-11-38-31)4-5-37-45-18-19-46-37/h1-17,20-24,37H,18-19,25H2/q+1/b5-4+. The minimum atomic E-state index is -0.315. The summed E-state index contributed by atoms with van der Waals surface area (Å²) in [5.41, 5.74) is 8.10. The van der Waals surface area contributed by atoms with Crippen LogP contribution in [0.5, 0.6) is 0 Å². The number of hydrogen-bond donors (Lipinski definition) is 0. The largest absolute Gasteiger partial charge is 0.347 e. The van der Waals surface area contributed by atoms with Crippen LogP contribution in [-0.2, 0) is 16.0 Å². The molecule has 46 heavy (non-hydrogen) atoms. The average molecular weight is 606 g/mol. The van der Waals surface area contributed by atoms with Gasteiger partial charge in [0.05, 0.1) is 36.0 Å². The zero-order valence-electron chi connectivity index (χ0n) is 24.8. The van der Waals surface area contributed by atoms with Crippen LogP contribution in [0.4, 0.5) is 0 Å². The van der Waals surface area contributed by atoms with Crippen LogP contribution in [-0.4, -0.2) is 50.2 Å². The Labute approximate surface area is 265 Å². The Morgan fingerprint density at radius 2 is 1.15 bits per heavy atom. The van der Waals surface area contributed by atoms with Gasteiger partial charge in [-0.3, -0.25) is 29.7 Å². The first kappa shape index (κ1) is 29.0. The molecule has 1 fully saturated rings. The summed E-state index contributed by atoms with van der Waals surface area (Å²) < 4.78 is 12.8. The third-order valence-electron chi connectivity index (χ3n) is 7.50. The number of rotatable bonds is 9. The van der Waals surface area contributed by atoms with E-state index in [2.05, 4.69) is 24.9 Å². The second kappa shape index (κ2) is 13.5. The molecule has 1 aliphatic heterocycles. The fourth-order valence-corrected chi connectivity index (χ4v) is 5.17. The SMILES string of the molecule is O=C(C[n+]1ccccc1)c1cc(-c2ccnc(-c3cc(-c4ccnc(-c5cc(/C=C/C6OCCO6)ccn5)c4)ccn3)c2)ccn1. The molecule has 0 bridgehead atoms. The summed E-state index contributed by atoms with van der Waals surface area (Å²) in [7, 11) is 0. The Balaban J connectivity index is 1.12. The van der Waals surface area contributed by atoms with Gasteiger partial charge in [-0.25, -0.2) is 0 Å². The molecule has 0 N–H and O–H groups in total. The monoisotopic (exact) mass is 605 g/mol. The molecule has 1 aliphatic rings. The van der Waals surface area contributed by atoms with E-state index in [1.807, 2.05) is 108 Å².